The molecule has 0 bridgehead atoms. The Bertz CT molecular complexity index is 604. The Morgan fingerprint density at radius 2 is 1.47 bits per heavy atom. The summed E-state index contributed by atoms with van der Waals surface area (Å²) in [5.41, 5.74) is 0.552. The Labute approximate surface area is 191 Å². The molecule has 0 aliphatic rings. The first kappa shape index (κ1) is 26.7. The van der Waals surface area contributed by atoms with Crippen molar-refractivity contribution in [3.8, 4) is 6.07 Å². The number of halogens is 1. The van der Waals surface area contributed by atoms with Crippen molar-refractivity contribution in [1.82, 2.24) is 4.90 Å². The predicted octanol–water partition coefficient (Wildman–Crippen LogP) is 8.31. The fraction of sp³-hybridized carbons (Fsp3) is 0.667. The van der Waals surface area contributed by atoms with Crippen molar-refractivity contribution in [3.63, 3.8) is 0 Å². The van der Waals surface area contributed by atoms with Crippen molar-refractivity contribution in [2.45, 2.75) is 95.8 Å². The van der Waals surface area contributed by atoms with Gasteiger partial charge in [0, 0.05) is 5.02 Å². The predicted molar refractivity (Wildman–Crippen MR) is 132 cm³/mol. The second-order valence-electron chi connectivity index (χ2n) is 8.78. The monoisotopic (exact) mass is 430 g/mol. The van der Waals surface area contributed by atoms with Gasteiger partial charge in [-0.2, -0.15) is 5.26 Å². The molecule has 0 amide bonds. The van der Waals surface area contributed by atoms with E-state index in [0.717, 1.165) is 31.5 Å². The molecule has 0 aliphatic heterocycles. The lowest BCUT2D eigenvalue weighted by Gasteiger charge is -2.27. The molecule has 0 saturated carbocycles. The highest BCUT2D eigenvalue weighted by Crippen LogP contribution is 2.33. The fourth-order valence-electron chi connectivity index (χ4n) is 4.18. The number of benzene rings is 1. The highest BCUT2D eigenvalue weighted by Gasteiger charge is 2.30. The van der Waals surface area contributed by atoms with Crippen LogP contribution in [-0.2, 0) is 5.41 Å². The van der Waals surface area contributed by atoms with Gasteiger partial charge < -0.3 is 4.90 Å². The zero-order valence-electron chi connectivity index (χ0n) is 19.5. The molecule has 0 N–H and O–H groups in total. The van der Waals surface area contributed by atoms with E-state index in [1.165, 1.54) is 64.2 Å². The van der Waals surface area contributed by atoms with Crippen LogP contribution in [0.4, 0.5) is 0 Å². The number of nitriles is 1. The summed E-state index contributed by atoms with van der Waals surface area (Å²) in [6, 6.07) is 10.3. The minimum atomic E-state index is -0.496. The lowest BCUT2D eigenvalue weighted by molar-refractivity contribution is 0.304. The third-order valence-corrected chi connectivity index (χ3v) is 6.39. The van der Waals surface area contributed by atoms with E-state index in [4.69, 9.17) is 11.6 Å². The van der Waals surface area contributed by atoms with Crippen LogP contribution in [-0.4, -0.2) is 25.0 Å². The first-order valence-electron chi connectivity index (χ1n) is 12.0. The first-order chi connectivity index (χ1) is 14.6. The Balaban J connectivity index is 2.24. The third kappa shape index (κ3) is 10.6. The van der Waals surface area contributed by atoms with E-state index in [0.29, 0.717) is 11.4 Å². The fourth-order valence-corrected chi connectivity index (χ4v) is 4.30. The van der Waals surface area contributed by atoms with Gasteiger partial charge >= 0.3 is 0 Å². The molecule has 1 unspecified atom stereocenters. The third-order valence-electron chi connectivity index (χ3n) is 6.14. The zero-order chi connectivity index (χ0) is 22.1. The molecule has 0 fully saturated rings. The summed E-state index contributed by atoms with van der Waals surface area (Å²) in [5, 5.41) is 10.7. The number of hydrogen-bond donors (Lipinski definition) is 0. The van der Waals surface area contributed by atoms with Crippen LogP contribution in [0.1, 0.15) is 96.0 Å². The van der Waals surface area contributed by atoms with Gasteiger partial charge in [-0.15, -0.1) is 6.58 Å². The molecule has 1 rings (SSSR count). The highest BCUT2D eigenvalue weighted by atomic mass is 35.5. The smallest absolute Gasteiger partial charge is 0.0857 e. The van der Waals surface area contributed by atoms with Crippen LogP contribution in [0.3, 0.4) is 0 Å². The lowest BCUT2D eigenvalue weighted by atomic mass is 9.75. The molecule has 0 heterocycles. The topological polar surface area (TPSA) is 27.0 Å². The Morgan fingerprint density at radius 3 is 2.00 bits per heavy atom. The van der Waals surface area contributed by atoms with Crippen LogP contribution in [0.25, 0.3) is 0 Å². The van der Waals surface area contributed by atoms with E-state index >= 15 is 0 Å². The number of nitrogens with zero attached hydrogens (tertiary/aromatic N) is 2. The highest BCUT2D eigenvalue weighted by molar-refractivity contribution is 6.30. The first-order valence-corrected chi connectivity index (χ1v) is 12.4. The average molecular weight is 431 g/mol. The maximum Gasteiger partial charge on any atom is 0.0857 e. The van der Waals surface area contributed by atoms with Gasteiger partial charge in [-0.05, 0) is 63.5 Å². The van der Waals surface area contributed by atoms with Crippen LogP contribution in [0.15, 0.2) is 36.9 Å². The van der Waals surface area contributed by atoms with Crippen LogP contribution >= 0.6 is 11.6 Å². The summed E-state index contributed by atoms with van der Waals surface area (Å²) in [5.74, 6) is 0. The summed E-state index contributed by atoms with van der Waals surface area (Å²) in [6.45, 7) is 8.34. The number of rotatable bonds is 18. The van der Waals surface area contributed by atoms with E-state index in [1.807, 2.05) is 30.3 Å². The van der Waals surface area contributed by atoms with E-state index < -0.39 is 5.41 Å². The number of unbranched alkanes of at least 4 members (excludes halogenated alkanes) is 9. The molecule has 0 spiro atoms. The van der Waals surface area contributed by atoms with Gasteiger partial charge in [0.2, 0.25) is 0 Å². The Hall–Kier alpha value is -1.30. The number of hydrogen-bond acceptors (Lipinski definition) is 2. The molecule has 1 aromatic rings. The quantitative estimate of drug-likeness (QED) is 0.173. The van der Waals surface area contributed by atoms with Crippen molar-refractivity contribution in [2.24, 2.45) is 0 Å². The van der Waals surface area contributed by atoms with E-state index in [9.17, 15) is 5.26 Å². The molecule has 1 aromatic carbocycles. The lowest BCUT2D eigenvalue weighted by Crippen LogP contribution is -2.27. The molecule has 30 heavy (non-hydrogen) atoms. The largest absolute Gasteiger partial charge is 0.306 e. The number of allylic oxidation sites excluding steroid dienone is 1. The van der Waals surface area contributed by atoms with Crippen molar-refractivity contribution in [2.75, 3.05) is 20.1 Å². The standard InChI is InChI=1S/C27H43ClN2/c1-4-6-7-8-9-10-11-12-13-14-22-30(3)23-15-21-27(24-29,20-5-2)25-16-18-26(28)19-17-25/h5,16-19H,2,4,6-15,20-23H2,1,3H3. The molecule has 1 atom stereocenters. The van der Waals surface area contributed by atoms with Gasteiger partial charge in [0.25, 0.3) is 0 Å². The van der Waals surface area contributed by atoms with Crippen LogP contribution in [0.5, 0.6) is 0 Å². The van der Waals surface area contributed by atoms with Gasteiger partial charge in [-0.3, -0.25) is 0 Å². The average Bonchev–Trinajstić information content (AvgIpc) is 2.75. The Kier molecular flexibility index (Phi) is 14.6. The van der Waals surface area contributed by atoms with Gasteiger partial charge in [0.1, 0.15) is 0 Å². The van der Waals surface area contributed by atoms with Crippen LogP contribution in [0.2, 0.25) is 5.02 Å². The van der Waals surface area contributed by atoms with E-state index in [2.05, 4.69) is 31.5 Å². The summed E-state index contributed by atoms with van der Waals surface area (Å²) in [4.78, 5) is 2.42. The molecule has 0 aliphatic carbocycles. The minimum absolute atomic E-state index is 0.496. The summed E-state index contributed by atoms with van der Waals surface area (Å²) >= 11 is 6.03. The molecule has 0 aromatic heterocycles. The molecule has 3 heteroatoms. The summed E-state index contributed by atoms with van der Waals surface area (Å²) < 4.78 is 0. The van der Waals surface area contributed by atoms with Gasteiger partial charge in [-0.25, -0.2) is 0 Å². The van der Waals surface area contributed by atoms with Gasteiger partial charge in [0.15, 0.2) is 0 Å². The molecular formula is C27H43ClN2. The van der Waals surface area contributed by atoms with Crippen LogP contribution < -0.4 is 0 Å². The molecular weight excluding hydrogens is 388 g/mol. The van der Waals surface area contributed by atoms with E-state index in [-0.39, 0.29) is 0 Å². The van der Waals surface area contributed by atoms with E-state index in [1.54, 1.807) is 0 Å². The minimum Gasteiger partial charge on any atom is -0.306 e. The van der Waals surface area contributed by atoms with Gasteiger partial charge in [-0.1, -0.05) is 94.5 Å². The molecule has 0 radical (unpaired) electrons. The van der Waals surface area contributed by atoms with Crippen molar-refractivity contribution in [1.29, 1.82) is 5.26 Å². The second-order valence-corrected chi connectivity index (χ2v) is 9.22. The SMILES string of the molecule is C=CCC(C#N)(CCCN(C)CCCCCCCCCCCC)c1ccc(Cl)cc1. The Morgan fingerprint density at radius 1 is 0.933 bits per heavy atom. The van der Waals surface area contributed by atoms with Crippen LogP contribution in [0, 0.1) is 11.3 Å². The van der Waals surface area contributed by atoms with Crippen molar-refractivity contribution < 1.29 is 0 Å². The maximum atomic E-state index is 9.96. The van der Waals surface area contributed by atoms with Crippen molar-refractivity contribution in [3.05, 3.63) is 47.5 Å². The zero-order valence-corrected chi connectivity index (χ0v) is 20.2. The second kappa shape index (κ2) is 16.4. The maximum absolute atomic E-state index is 9.96. The van der Waals surface area contributed by atoms with Gasteiger partial charge in [0.05, 0.1) is 11.5 Å². The molecule has 0 saturated heterocycles. The molecule has 2 nitrogen and oxygen atoms in total. The normalized spacial score (nSPS) is 13.2. The summed E-state index contributed by atoms with van der Waals surface area (Å²) in [7, 11) is 2.21. The molecule has 168 valence electrons. The summed E-state index contributed by atoms with van der Waals surface area (Å²) in [6.07, 6.45) is 18.2. The van der Waals surface area contributed by atoms with Crippen molar-refractivity contribution >= 4 is 11.6 Å².